The Kier molecular flexibility index (Phi) is 5.68. The van der Waals surface area contributed by atoms with Gasteiger partial charge in [-0.25, -0.2) is 4.39 Å². The summed E-state index contributed by atoms with van der Waals surface area (Å²) in [5.41, 5.74) is 6.22. The second kappa shape index (κ2) is 6.81. The van der Waals surface area contributed by atoms with Gasteiger partial charge in [0.05, 0.1) is 6.61 Å². The maximum atomic E-state index is 13.2. The van der Waals surface area contributed by atoms with Crippen molar-refractivity contribution in [1.82, 2.24) is 0 Å². The van der Waals surface area contributed by atoms with Gasteiger partial charge in [0.1, 0.15) is 10.8 Å². The minimum atomic E-state index is -4.18. The van der Waals surface area contributed by atoms with E-state index in [-0.39, 0.29) is 24.6 Å². The minimum absolute atomic E-state index is 0.0191. The topological polar surface area (TPSA) is 35.2 Å². The van der Waals surface area contributed by atoms with Crippen LogP contribution in [0.2, 0.25) is 0 Å². The Morgan fingerprint density at radius 1 is 1.26 bits per heavy atom. The van der Waals surface area contributed by atoms with Crippen LogP contribution in [0.25, 0.3) is 0 Å². The molecule has 0 aromatic heterocycles. The van der Waals surface area contributed by atoms with Gasteiger partial charge in [-0.2, -0.15) is 13.2 Å². The molecule has 0 aliphatic heterocycles. The molecule has 0 aliphatic carbocycles. The van der Waals surface area contributed by atoms with Gasteiger partial charge >= 0.3 is 6.18 Å². The maximum Gasteiger partial charge on any atom is 0.389 e. The van der Waals surface area contributed by atoms with Crippen molar-refractivity contribution in [3.63, 3.8) is 0 Å². The Bertz CT molecular complexity index is 448. The average molecular weight is 295 g/mol. The van der Waals surface area contributed by atoms with Crippen molar-refractivity contribution < 1.29 is 22.3 Å². The summed E-state index contributed by atoms with van der Waals surface area (Å²) in [5.74, 6) is -0.515. The zero-order valence-corrected chi connectivity index (χ0v) is 10.8. The van der Waals surface area contributed by atoms with E-state index in [1.54, 1.807) is 6.07 Å². The van der Waals surface area contributed by atoms with Gasteiger partial charge in [0.2, 0.25) is 0 Å². The Morgan fingerprint density at radius 2 is 1.95 bits per heavy atom. The maximum absolute atomic E-state index is 13.2. The minimum Gasteiger partial charge on any atom is -0.389 e. The number of rotatable bonds is 6. The summed E-state index contributed by atoms with van der Waals surface area (Å²) < 4.78 is 53.9. The molecule has 0 aliphatic rings. The lowest BCUT2D eigenvalue weighted by Gasteiger charge is -2.08. The Labute approximate surface area is 113 Å². The third-order valence-corrected chi connectivity index (χ3v) is 2.50. The molecule has 0 radical (unpaired) electrons. The Hall–Kier alpha value is -1.21. The number of benzene rings is 1. The normalized spacial score (nSPS) is 11.6. The lowest BCUT2D eigenvalue weighted by atomic mass is 10.1. The van der Waals surface area contributed by atoms with E-state index in [4.69, 9.17) is 22.7 Å². The Balaban J connectivity index is 2.43. The van der Waals surface area contributed by atoms with Gasteiger partial charge in [0.15, 0.2) is 0 Å². The summed E-state index contributed by atoms with van der Waals surface area (Å²) in [6.45, 7) is -0.0241. The molecule has 0 bridgehead atoms. The van der Waals surface area contributed by atoms with E-state index < -0.39 is 18.4 Å². The monoisotopic (exact) mass is 295 g/mol. The lowest BCUT2D eigenvalue weighted by molar-refractivity contribution is -0.138. The van der Waals surface area contributed by atoms with E-state index in [0.29, 0.717) is 11.1 Å². The first-order valence-corrected chi connectivity index (χ1v) is 5.92. The molecule has 0 atom stereocenters. The van der Waals surface area contributed by atoms with Crippen LogP contribution in [0.4, 0.5) is 17.6 Å². The molecule has 2 nitrogen and oxygen atoms in total. The van der Waals surface area contributed by atoms with Gasteiger partial charge in [0.25, 0.3) is 0 Å². The van der Waals surface area contributed by atoms with Gasteiger partial charge < -0.3 is 10.5 Å². The van der Waals surface area contributed by atoms with Crippen molar-refractivity contribution >= 4 is 17.2 Å². The predicted octanol–water partition coefficient (Wildman–Crippen LogP) is 3.32. The van der Waals surface area contributed by atoms with Crippen molar-refractivity contribution in [2.75, 3.05) is 6.61 Å². The highest BCUT2D eigenvalue weighted by molar-refractivity contribution is 7.80. The van der Waals surface area contributed by atoms with Crippen LogP contribution < -0.4 is 5.73 Å². The number of thiocarbonyl (C=S) groups is 1. The van der Waals surface area contributed by atoms with Gasteiger partial charge in [-0.15, -0.1) is 0 Å². The molecule has 106 valence electrons. The van der Waals surface area contributed by atoms with Crippen LogP contribution in [0.15, 0.2) is 18.2 Å². The van der Waals surface area contributed by atoms with Gasteiger partial charge in [-0.05, 0) is 30.2 Å². The first-order chi connectivity index (χ1) is 8.78. The number of hydrogen-bond donors (Lipinski definition) is 1. The largest absolute Gasteiger partial charge is 0.389 e. The Morgan fingerprint density at radius 3 is 2.53 bits per heavy atom. The van der Waals surface area contributed by atoms with Crippen LogP contribution in [-0.2, 0) is 11.3 Å². The van der Waals surface area contributed by atoms with E-state index >= 15 is 0 Å². The lowest BCUT2D eigenvalue weighted by Crippen LogP contribution is -2.11. The second-order valence-electron chi connectivity index (χ2n) is 3.98. The summed E-state index contributed by atoms with van der Waals surface area (Å²) in [6, 6.07) is 3.97. The SMILES string of the molecule is NC(=S)c1cc(F)cc(COCCCC(F)(F)F)c1. The van der Waals surface area contributed by atoms with Crippen LogP contribution in [0, 0.1) is 5.82 Å². The number of ether oxygens (including phenoxy) is 1. The average Bonchev–Trinajstić information content (AvgIpc) is 2.26. The summed E-state index contributed by atoms with van der Waals surface area (Å²) in [7, 11) is 0. The van der Waals surface area contributed by atoms with E-state index in [0.717, 1.165) is 0 Å². The molecule has 1 rings (SSSR count). The molecule has 0 saturated heterocycles. The molecule has 2 N–H and O–H groups in total. The highest BCUT2D eigenvalue weighted by Crippen LogP contribution is 2.21. The fourth-order valence-electron chi connectivity index (χ4n) is 1.44. The highest BCUT2D eigenvalue weighted by Gasteiger charge is 2.25. The smallest absolute Gasteiger partial charge is 0.389 e. The van der Waals surface area contributed by atoms with Crippen LogP contribution in [-0.4, -0.2) is 17.8 Å². The molecular weight excluding hydrogens is 282 g/mol. The molecule has 7 heteroatoms. The van der Waals surface area contributed by atoms with Crippen LogP contribution in [0.3, 0.4) is 0 Å². The number of halogens is 4. The summed E-state index contributed by atoms with van der Waals surface area (Å²) in [5, 5.41) is 0. The fourth-order valence-corrected chi connectivity index (χ4v) is 1.56. The number of hydrogen-bond acceptors (Lipinski definition) is 2. The summed E-state index contributed by atoms with van der Waals surface area (Å²) in [4.78, 5) is 0.0535. The van der Waals surface area contributed by atoms with Crippen molar-refractivity contribution in [3.05, 3.63) is 35.1 Å². The summed E-state index contributed by atoms with van der Waals surface area (Å²) >= 11 is 4.72. The molecule has 1 aromatic carbocycles. The predicted molar refractivity (Wildman–Crippen MR) is 67.2 cm³/mol. The van der Waals surface area contributed by atoms with Crippen molar-refractivity contribution in [3.8, 4) is 0 Å². The zero-order valence-electron chi connectivity index (χ0n) is 9.97. The van der Waals surface area contributed by atoms with Crippen molar-refractivity contribution in [2.45, 2.75) is 25.6 Å². The standard InChI is InChI=1S/C12H13F4NOS/c13-10-5-8(4-9(6-10)11(17)19)7-18-3-1-2-12(14,15)16/h4-6H,1-3,7H2,(H2,17,19). The van der Waals surface area contributed by atoms with Crippen LogP contribution in [0.1, 0.15) is 24.0 Å². The number of alkyl halides is 3. The van der Waals surface area contributed by atoms with Crippen molar-refractivity contribution in [1.29, 1.82) is 0 Å². The molecule has 0 amide bonds. The molecule has 0 heterocycles. The molecule has 19 heavy (non-hydrogen) atoms. The third-order valence-electron chi connectivity index (χ3n) is 2.26. The van der Waals surface area contributed by atoms with Crippen LogP contribution >= 0.6 is 12.2 Å². The fraction of sp³-hybridized carbons (Fsp3) is 0.417. The molecule has 0 saturated carbocycles. The molecule has 0 spiro atoms. The molecule has 1 aromatic rings. The quantitative estimate of drug-likeness (QED) is 0.497. The van der Waals surface area contributed by atoms with Crippen LogP contribution in [0.5, 0.6) is 0 Å². The van der Waals surface area contributed by atoms with Gasteiger partial charge in [-0.3, -0.25) is 0 Å². The van der Waals surface area contributed by atoms with E-state index in [1.165, 1.54) is 12.1 Å². The number of nitrogens with two attached hydrogens (primary N) is 1. The van der Waals surface area contributed by atoms with E-state index in [2.05, 4.69) is 0 Å². The first-order valence-electron chi connectivity index (χ1n) is 5.52. The van der Waals surface area contributed by atoms with E-state index in [1.807, 2.05) is 0 Å². The van der Waals surface area contributed by atoms with Gasteiger partial charge in [0, 0.05) is 18.6 Å². The van der Waals surface area contributed by atoms with E-state index in [9.17, 15) is 17.6 Å². The van der Waals surface area contributed by atoms with Gasteiger partial charge in [-0.1, -0.05) is 12.2 Å². The summed E-state index contributed by atoms with van der Waals surface area (Å²) in [6.07, 6.45) is -5.20. The molecule has 0 unspecified atom stereocenters. The zero-order chi connectivity index (χ0) is 14.5. The third kappa shape index (κ3) is 6.49. The molecular formula is C12H13F4NOS. The first kappa shape index (κ1) is 15.8. The molecule has 0 fully saturated rings. The highest BCUT2D eigenvalue weighted by atomic mass is 32.1. The second-order valence-corrected chi connectivity index (χ2v) is 4.42. The van der Waals surface area contributed by atoms with Crippen molar-refractivity contribution in [2.24, 2.45) is 5.73 Å².